The fourth-order valence-corrected chi connectivity index (χ4v) is 3.39. The van der Waals surface area contributed by atoms with Gasteiger partial charge in [-0.3, -0.25) is 4.79 Å². The van der Waals surface area contributed by atoms with Crippen molar-refractivity contribution in [3.05, 3.63) is 35.9 Å². The minimum atomic E-state index is -0.609. The van der Waals surface area contributed by atoms with Crippen molar-refractivity contribution in [1.82, 2.24) is 0 Å². The molecule has 1 aromatic carbocycles. The van der Waals surface area contributed by atoms with Gasteiger partial charge in [-0.05, 0) is 37.3 Å². The third-order valence-corrected chi connectivity index (χ3v) is 5.27. The summed E-state index contributed by atoms with van der Waals surface area (Å²) < 4.78 is 17.8. The van der Waals surface area contributed by atoms with E-state index in [2.05, 4.69) is 20.8 Å². The van der Waals surface area contributed by atoms with Crippen LogP contribution in [-0.4, -0.2) is 37.0 Å². The van der Waals surface area contributed by atoms with E-state index in [-0.39, 0.29) is 29.8 Å². The first-order valence-corrected chi connectivity index (χ1v) is 9.75. The number of carbonyl (C=O) groups excluding carboxylic acids is 2. The lowest BCUT2D eigenvalue weighted by Crippen LogP contribution is -2.52. The average Bonchev–Trinajstić information content (AvgIpc) is 2.67. The lowest BCUT2D eigenvalue weighted by atomic mass is 9.82. The third-order valence-electron chi connectivity index (χ3n) is 5.27. The molecule has 0 saturated carbocycles. The number of nitrogens with two attached hydrogens (primary N) is 1. The molecule has 1 fully saturated rings. The molecule has 1 amide bonds. The largest absolute Gasteiger partial charge is 0.453 e. The van der Waals surface area contributed by atoms with Crippen molar-refractivity contribution in [3.63, 3.8) is 0 Å². The molecule has 1 aliphatic heterocycles. The fourth-order valence-electron chi connectivity index (χ4n) is 3.39. The number of benzene rings is 1. The van der Waals surface area contributed by atoms with Crippen LogP contribution in [0.25, 0.3) is 0 Å². The van der Waals surface area contributed by atoms with E-state index in [1.54, 1.807) is 24.3 Å². The van der Waals surface area contributed by atoms with E-state index >= 15 is 0 Å². The summed E-state index contributed by atoms with van der Waals surface area (Å²) in [6.07, 6.45) is 1.54. The molecule has 6 nitrogen and oxygen atoms in total. The standard InChI is InChI=1S/C21H31NO5/c1-4-17-14(2)15(3)19(27-20(24)16-10-6-5-7-11-16)21(26-17)25-13-9-8-12-18(22)23/h5-7,10-11,14-15,17,19,21H,4,8-9,12-13H2,1-3H3,(H2,22,23). The summed E-state index contributed by atoms with van der Waals surface area (Å²) in [4.78, 5) is 23.4. The Morgan fingerprint density at radius 1 is 1.11 bits per heavy atom. The number of hydrogen-bond acceptors (Lipinski definition) is 5. The minimum Gasteiger partial charge on any atom is -0.453 e. The van der Waals surface area contributed by atoms with E-state index in [1.807, 2.05) is 6.07 Å². The average molecular weight is 377 g/mol. The molecule has 1 aromatic rings. The first-order valence-electron chi connectivity index (χ1n) is 9.75. The number of ether oxygens (including phenoxy) is 3. The summed E-state index contributed by atoms with van der Waals surface area (Å²) in [7, 11) is 0. The normalized spacial score (nSPS) is 27.9. The van der Waals surface area contributed by atoms with Gasteiger partial charge in [-0.25, -0.2) is 4.79 Å². The third kappa shape index (κ3) is 6.04. The highest BCUT2D eigenvalue weighted by atomic mass is 16.7. The van der Waals surface area contributed by atoms with Gasteiger partial charge in [0.05, 0.1) is 11.7 Å². The molecular weight excluding hydrogens is 346 g/mol. The smallest absolute Gasteiger partial charge is 0.338 e. The van der Waals surface area contributed by atoms with Crippen LogP contribution in [0.15, 0.2) is 30.3 Å². The Morgan fingerprint density at radius 3 is 2.44 bits per heavy atom. The van der Waals surface area contributed by atoms with Crippen molar-refractivity contribution in [1.29, 1.82) is 0 Å². The lowest BCUT2D eigenvalue weighted by Gasteiger charge is -2.43. The molecule has 6 heteroatoms. The van der Waals surface area contributed by atoms with Gasteiger partial charge in [0.2, 0.25) is 5.91 Å². The molecule has 150 valence electrons. The summed E-state index contributed by atoms with van der Waals surface area (Å²) in [5, 5.41) is 0. The molecular formula is C21H31NO5. The Morgan fingerprint density at radius 2 is 1.81 bits per heavy atom. The van der Waals surface area contributed by atoms with Gasteiger partial charge in [0.25, 0.3) is 0 Å². The van der Waals surface area contributed by atoms with E-state index in [4.69, 9.17) is 19.9 Å². The van der Waals surface area contributed by atoms with Gasteiger partial charge in [-0.1, -0.05) is 39.0 Å². The van der Waals surface area contributed by atoms with E-state index in [0.717, 1.165) is 6.42 Å². The minimum absolute atomic E-state index is 0.0577. The number of primary amides is 1. The van der Waals surface area contributed by atoms with Crippen molar-refractivity contribution in [2.75, 3.05) is 6.61 Å². The molecule has 5 unspecified atom stereocenters. The summed E-state index contributed by atoms with van der Waals surface area (Å²) in [5.41, 5.74) is 5.67. The van der Waals surface area contributed by atoms with Crippen LogP contribution in [0, 0.1) is 11.8 Å². The Bertz CT molecular complexity index is 606. The van der Waals surface area contributed by atoms with Gasteiger partial charge in [0.1, 0.15) is 0 Å². The van der Waals surface area contributed by atoms with E-state index in [1.165, 1.54) is 0 Å². The zero-order valence-corrected chi connectivity index (χ0v) is 16.4. The first kappa shape index (κ1) is 21.4. The summed E-state index contributed by atoms with van der Waals surface area (Å²) in [6.45, 7) is 6.69. The van der Waals surface area contributed by atoms with Crippen molar-refractivity contribution in [3.8, 4) is 0 Å². The summed E-state index contributed by atoms with van der Waals surface area (Å²) in [6, 6.07) is 8.93. The van der Waals surface area contributed by atoms with Crippen molar-refractivity contribution in [2.45, 2.75) is 65.0 Å². The van der Waals surface area contributed by atoms with Crippen LogP contribution in [-0.2, 0) is 19.0 Å². The molecule has 1 saturated heterocycles. The Balaban J connectivity index is 2.01. The van der Waals surface area contributed by atoms with E-state index < -0.39 is 12.4 Å². The van der Waals surface area contributed by atoms with Gasteiger partial charge in [0.15, 0.2) is 12.4 Å². The molecule has 0 spiro atoms. The summed E-state index contributed by atoms with van der Waals surface area (Å²) >= 11 is 0. The fraction of sp³-hybridized carbons (Fsp3) is 0.619. The SMILES string of the molecule is CCC1OC(OCCCCC(N)=O)C(OC(=O)c2ccccc2)C(C)C1C. The van der Waals surface area contributed by atoms with E-state index in [9.17, 15) is 9.59 Å². The number of rotatable bonds is 9. The van der Waals surface area contributed by atoms with Gasteiger partial charge in [-0.15, -0.1) is 0 Å². The van der Waals surface area contributed by atoms with Gasteiger partial charge >= 0.3 is 5.97 Å². The van der Waals surface area contributed by atoms with Crippen LogP contribution >= 0.6 is 0 Å². The Labute approximate surface area is 161 Å². The number of esters is 1. The molecule has 0 aliphatic carbocycles. The number of amides is 1. The quantitative estimate of drug-likeness (QED) is 0.527. The molecule has 0 radical (unpaired) electrons. The maximum atomic E-state index is 12.5. The van der Waals surface area contributed by atoms with Crippen LogP contribution in [0.1, 0.15) is 56.8 Å². The zero-order valence-electron chi connectivity index (χ0n) is 16.4. The van der Waals surface area contributed by atoms with Crippen LogP contribution in [0.4, 0.5) is 0 Å². The highest BCUT2D eigenvalue weighted by Crippen LogP contribution is 2.35. The molecule has 5 atom stereocenters. The van der Waals surface area contributed by atoms with Crippen molar-refractivity contribution < 1.29 is 23.8 Å². The molecule has 2 N–H and O–H groups in total. The van der Waals surface area contributed by atoms with Gasteiger partial charge in [-0.2, -0.15) is 0 Å². The molecule has 0 aromatic heterocycles. The lowest BCUT2D eigenvalue weighted by molar-refractivity contribution is -0.269. The van der Waals surface area contributed by atoms with Crippen molar-refractivity contribution in [2.24, 2.45) is 17.6 Å². The molecule has 1 heterocycles. The van der Waals surface area contributed by atoms with Crippen LogP contribution in [0.2, 0.25) is 0 Å². The number of carbonyl (C=O) groups is 2. The Kier molecular flexibility index (Phi) is 8.25. The second kappa shape index (κ2) is 10.4. The molecule has 2 rings (SSSR count). The van der Waals surface area contributed by atoms with Crippen LogP contribution in [0.3, 0.4) is 0 Å². The predicted octanol–water partition coefficient (Wildman–Crippen LogP) is 3.29. The second-order valence-electron chi connectivity index (χ2n) is 7.20. The summed E-state index contributed by atoms with van der Waals surface area (Å²) in [5.74, 6) is -0.335. The number of hydrogen-bond donors (Lipinski definition) is 1. The number of unbranched alkanes of at least 4 members (excludes halogenated alkanes) is 1. The van der Waals surface area contributed by atoms with E-state index in [0.29, 0.717) is 31.4 Å². The highest BCUT2D eigenvalue weighted by Gasteiger charge is 2.43. The monoisotopic (exact) mass is 377 g/mol. The molecule has 1 aliphatic rings. The maximum absolute atomic E-state index is 12.5. The van der Waals surface area contributed by atoms with Gasteiger partial charge in [0, 0.05) is 18.9 Å². The maximum Gasteiger partial charge on any atom is 0.338 e. The van der Waals surface area contributed by atoms with Crippen molar-refractivity contribution >= 4 is 11.9 Å². The zero-order chi connectivity index (χ0) is 19.8. The molecule has 0 bridgehead atoms. The predicted molar refractivity (Wildman–Crippen MR) is 102 cm³/mol. The van der Waals surface area contributed by atoms with Gasteiger partial charge < -0.3 is 19.9 Å². The second-order valence-corrected chi connectivity index (χ2v) is 7.20. The topological polar surface area (TPSA) is 87.8 Å². The molecule has 27 heavy (non-hydrogen) atoms. The Hall–Kier alpha value is -1.92. The first-order chi connectivity index (χ1) is 12.9. The van der Waals surface area contributed by atoms with Crippen LogP contribution < -0.4 is 5.73 Å². The van der Waals surface area contributed by atoms with Crippen LogP contribution in [0.5, 0.6) is 0 Å². The highest BCUT2D eigenvalue weighted by molar-refractivity contribution is 5.89.